The van der Waals surface area contributed by atoms with E-state index in [0.717, 1.165) is 44.6 Å². The highest BCUT2D eigenvalue weighted by Gasteiger charge is 2.20. The maximum atomic E-state index is 6.50. The second kappa shape index (κ2) is 11.1. The van der Waals surface area contributed by atoms with Crippen LogP contribution < -0.4 is 4.90 Å². The molecule has 8 aromatic rings. The van der Waals surface area contributed by atoms with Gasteiger partial charge in [-0.05, 0) is 81.9 Å². The molecule has 0 spiro atoms. The van der Waals surface area contributed by atoms with Gasteiger partial charge >= 0.3 is 0 Å². The number of anilines is 3. The Morgan fingerprint density at radius 1 is 0.341 bits per heavy atom. The zero-order valence-corrected chi connectivity index (χ0v) is 24.1. The van der Waals surface area contributed by atoms with E-state index < -0.39 is 0 Å². The Morgan fingerprint density at radius 2 is 0.795 bits per heavy atom. The van der Waals surface area contributed by atoms with Crippen molar-refractivity contribution in [2.24, 2.45) is 0 Å². The predicted octanol–water partition coefficient (Wildman–Crippen LogP) is 12.1. The SMILES string of the molecule is c1ccc(-c2ccc(N(c3ccc(-c4ccccc4)cc3)c3cccc4oc5cc(-c6ccccc6)ccc5c34)cc2)cc1. The van der Waals surface area contributed by atoms with Gasteiger partial charge in [-0.25, -0.2) is 0 Å². The predicted molar refractivity (Wildman–Crippen MR) is 185 cm³/mol. The summed E-state index contributed by atoms with van der Waals surface area (Å²) < 4.78 is 6.50. The molecule has 0 aliphatic heterocycles. The fourth-order valence-corrected chi connectivity index (χ4v) is 6.10. The van der Waals surface area contributed by atoms with Crippen molar-refractivity contribution in [1.82, 2.24) is 0 Å². The number of rotatable bonds is 6. The van der Waals surface area contributed by atoms with E-state index in [1.165, 1.54) is 27.8 Å². The fourth-order valence-electron chi connectivity index (χ4n) is 6.10. The molecule has 0 bridgehead atoms. The van der Waals surface area contributed by atoms with Gasteiger partial charge in [-0.2, -0.15) is 0 Å². The molecule has 7 aromatic carbocycles. The first-order chi connectivity index (χ1) is 21.8. The van der Waals surface area contributed by atoms with E-state index in [1.807, 2.05) is 6.07 Å². The van der Waals surface area contributed by atoms with Gasteiger partial charge in [0.25, 0.3) is 0 Å². The molecular formula is C42H29NO. The average molecular weight is 564 g/mol. The van der Waals surface area contributed by atoms with Gasteiger partial charge in [0.15, 0.2) is 0 Å². The topological polar surface area (TPSA) is 16.4 Å². The summed E-state index contributed by atoms with van der Waals surface area (Å²) in [6, 6.07) is 62.0. The first kappa shape index (κ1) is 25.8. The van der Waals surface area contributed by atoms with E-state index in [0.29, 0.717) is 0 Å². The molecule has 0 amide bonds. The Bertz CT molecular complexity index is 2100. The summed E-state index contributed by atoms with van der Waals surface area (Å²) in [4.78, 5) is 2.34. The standard InChI is InChI=1S/C42H29NO/c1-4-11-30(12-5-1)33-19-24-36(25-20-33)43(37-26-21-34(22-27-37)31-13-6-2-7-14-31)39-17-10-18-40-42(39)38-28-23-35(29-41(38)44-40)32-15-8-3-9-16-32/h1-29H. The van der Waals surface area contributed by atoms with E-state index in [9.17, 15) is 0 Å². The summed E-state index contributed by atoms with van der Waals surface area (Å²) in [5.41, 5.74) is 12.1. The van der Waals surface area contributed by atoms with E-state index >= 15 is 0 Å². The Balaban J connectivity index is 1.29. The monoisotopic (exact) mass is 563 g/mol. The van der Waals surface area contributed by atoms with E-state index in [4.69, 9.17) is 4.42 Å². The Labute approximate surface area is 257 Å². The molecule has 2 nitrogen and oxygen atoms in total. The zero-order valence-electron chi connectivity index (χ0n) is 24.1. The first-order valence-electron chi connectivity index (χ1n) is 14.9. The molecule has 0 aliphatic rings. The fraction of sp³-hybridized carbons (Fsp3) is 0. The summed E-state index contributed by atoms with van der Waals surface area (Å²) in [5, 5.41) is 2.20. The zero-order chi connectivity index (χ0) is 29.3. The summed E-state index contributed by atoms with van der Waals surface area (Å²) in [7, 11) is 0. The lowest BCUT2D eigenvalue weighted by atomic mass is 10.0. The van der Waals surface area contributed by atoms with Crippen LogP contribution in [0.4, 0.5) is 17.1 Å². The Morgan fingerprint density at radius 3 is 1.32 bits per heavy atom. The molecule has 1 heterocycles. The van der Waals surface area contributed by atoms with Gasteiger partial charge in [0.1, 0.15) is 11.2 Å². The van der Waals surface area contributed by atoms with Gasteiger partial charge in [0.2, 0.25) is 0 Å². The molecule has 1 aromatic heterocycles. The summed E-state index contributed by atoms with van der Waals surface area (Å²) in [6.07, 6.45) is 0. The lowest BCUT2D eigenvalue weighted by Crippen LogP contribution is -2.10. The van der Waals surface area contributed by atoms with Gasteiger partial charge in [-0.3, -0.25) is 0 Å². The number of benzene rings is 7. The minimum atomic E-state index is 0.870. The van der Waals surface area contributed by atoms with Gasteiger partial charge in [-0.1, -0.05) is 127 Å². The van der Waals surface area contributed by atoms with Gasteiger partial charge < -0.3 is 9.32 Å². The maximum absolute atomic E-state index is 6.50. The second-order valence-corrected chi connectivity index (χ2v) is 11.0. The smallest absolute Gasteiger partial charge is 0.137 e. The van der Waals surface area contributed by atoms with Gasteiger partial charge in [-0.15, -0.1) is 0 Å². The van der Waals surface area contributed by atoms with Crippen LogP contribution in [0.1, 0.15) is 0 Å². The summed E-state index contributed by atoms with van der Waals surface area (Å²) in [5.74, 6) is 0. The maximum Gasteiger partial charge on any atom is 0.137 e. The van der Waals surface area contributed by atoms with E-state index in [1.54, 1.807) is 0 Å². The van der Waals surface area contributed by atoms with Crippen LogP contribution in [0.5, 0.6) is 0 Å². The summed E-state index contributed by atoms with van der Waals surface area (Å²) in [6.45, 7) is 0. The molecule has 0 saturated heterocycles. The van der Waals surface area contributed by atoms with Crippen molar-refractivity contribution in [2.45, 2.75) is 0 Å². The lowest BCUT2D eigenvalue weighted by molar-refractivity contribution is 0.669. The third kappa shape index (κ3) is 4.73. The molecule has 0 radical (unpaired) electrons. The first-order valence-corrected chi connectivity index (χ1v) is 14.9. The normalized spacial score (nSPS) is 11.2. The Hall–Kier alpha value is -5.86. The molecule has 0 aliphatic carbocycles. The molecule has 0 unspecified atom stereocenters. The quantitative estimate of drug-likeness (QED) is 0.200. The van der Waals surface area contributed by atoms with E-state index in [-0.39, 0.29) is 0 Å². The van der Waals surface area contributed by atoms with Gasteiger partial charge in [0, 0.05) is 16.8 Å². The third-order valence-corrected chi connectivity index (χ3v) is 8.29. The molecule has 0 fully saturated rings. The van der Waals surface area contributed by atoms with Crippen molar-refractivity contribution >= 4 is 39.0 Å². The lowest BCUT2D eigenvalue weighted by Gasteiger charge is -2.26. The van der Waals surface area contributed by atoms with Crippen molar-refractivity contribution in [3.63, 3.8) is 0 Å². The Kier molecular flexibility index (Phi) is 6.51. The van der Waals surface area contributed by atoms with Crippen LogP contribution in [-0.2, 0) is 0 Å². The number of hydrogen-bond donors (Lipinski definition) is 0. The molecule has 208 valence electrons. The molecule has 44 heavy (non-hydrogen) atoms. The number of hydrogen-bond acceptors (Lipinski definition) is 2. The molecule has 0 N–H and O–H groups in total. The summed E-state index contributed by atoms with van der Waals surface area (Å²) >= 11 is 0. The van der Waals surface area contributed by atoms with Crippen molar-refractivity contribution in [3.8, 4) is 33.4 Å². The highest BCUT2D eigenvalue weighted by molar-refractivity contribution is 6.14. The number of fused-ring (bicyclic) bond motifs is 3. The third-order valence-electron chi connectivity index (χ3n) is 8.29. The molecule has 8 rings (SSSR count). The van der Waals surface area contributed by atoms with Crippen LogP contribution in [0.15, 0.2) is 180 Å². The highest BCUT2D eigenvalue weighted by atomic mass is 16.3. The number of furan rings is 1. The van der Waals surface area contributed by atoms with Gasteiger partial charge in [0.05, 0.1) is 11.1 Å². The molecular weight excluding hydrogens is 534 g/mol. The average Bonchev–Trinajstić information content (AvgIpc) is 3.49. The number of nitrogens with zero attached hydrogens (tertiary/aromatic N) is 1. The van der Waals surface area contributed by atoms with Crippen LogP contribution in [-0.4, -0.2) is 0 Å². The van der Waals surface area contributed by atoms with Crippen LogP contribution >= 0.6 is 0 Å². The molecule has 2 heteroatoms. The van der Waals surface area contributed by atoms with Crippen LogP contribution in [0.2, 0.25) is 0 Å². The van der Waals surface area contributed by atoms with Crippen LogP contribution in [0.3, 0.4) is 0 Å². The minimum Gasteiger partial charge on any atom is -0.456 e. The van der Waals surface area contributed by atoms with Crippen molar-refractivity contribution in [2.75, 3.05) is 4.90 Å². The second-order valence-electron chi connectivity index (χ2n) is 11.0. The molecule has 0 atom stereocenters. The minimum absolute atomic E-state index is 0.870. The highest BCUT2D eigenvalue weighted by Crippen LogP contribution is 2.44. The van der Waals surface area contributed by atoms with Crippen molar-refractivity contribution < 1.29 is 4.42 Å². The van der Waals surface area contributed by atoms with Crippen molar-refractivity contribution in [3.05, 3.63) is 176 Å². The van der Waals surface area contributed by atoms with Crippen LogP contribution in [0, 0.1) is 0 Å². The van der Waals surface area contributed by atoms with Crippen molar-refractivity contribution in [1.29, 1.82) is 0 Å². The van der Waals surface area contributed by atoms with Crippen LogP contribution in [0.25, 0.3) is 55.3 Å². The molecule has 0 saturated carbocycles. The largest absolute Gasteiger partial charge is 0.456 e. The van der Waals surface area contributed by atoms with E-state index in [2.05, 4.69) is 175 Å².